The van der Waals surface area contributed by atoms with Gasteiger partial charge in [0, 0.05) is 17.0 Å². The molecule has 0 fully saturated rings. The van der Waals surface area contributed by atoms with Crippen molar-refractivity contribution in [1.29, 1.82) is 0 Å². The van der Waals surface area contributed by atoms with E-state index in [9.17, 15) is 17.2 Å². The number of aryl methyl sites for hydroxylation is 1. The average Bonchev–Trinajstić information content (AvgIpc) is 3.11. The summed E-state index contributed by atoms with van der Waals surface area (Å²) < 4.78 is 58.5. The Labute approximate surface area is 134 Å². The monoisotopic (exact) mass is 356 g/mol. The molecule has 1 N–H and O–H groups in total. The van der Waals surface area contributed by atoms with Crippen molar-refractivity contribution in [1.82, 2.24) is 5.16 Å². The van der Waals surface area contributed by atoms with Gasteiger partial charge in [-0.25, -0.2) is 17.2 Å². The molecule has 0 radical (unpaired) electrons. The summed E-state index contributed by atoms with van der Waals surface area (Å²) in [7, 11) is -4.01. The second kappa shape index (κ2) is 5.74. The lowest BCUT2D eigenvalue weighted by Crippen LogP contribution is -2.14. The SMILES string of the molecule is Cc1sc(-c2ccno2)cc1S(=O)(=O)Nc1ccc(F)cc1F. The van der Waals surface area contributed by atoms with Crippen LogP contribution in [0.25, 0.3) is 10.6 Å². The lowest BCUT2D eigenvalue weighted by atomic mass is 10.3. The van der Waals surface area contributed by atoms with Crippen molar-refractivity contribution >= 4 is 27.0 Å². The van der Waals surface area contributed by atoms with Crippen LogP contribution in [0.3, 0.4) is 0 Å². The number of hydrogen-bond donors (Lipinski definition) is 1. The largest absolute Gasteiger partial charge is 0.355 e. The number of thiophene rings is 1. The maximum Gasteiger partial charge on any atom is 0.263 e. The highest BCUT2D eigenvalue weighted by atomic mass is 32.2. The van der Waals surface area contributed by atoms with Gasteiger partial charge in [-0.15, -0.1) is 11.3 Å². The smallest absolute Gasteiger partial charge is 0.263 e. The van der Waals surface area contributed by atoms with Gasteiger partial charge in [0.1, 0.15) is 16.5 Å². The van der Waals surface area contributed by atoms with Gasteiger partial charge in [0.25, 0.3) is 10.0 Å². The fraction of sp³-hybridized carbons (Fsp3) is 0.0714. The van der Waals surface area contributed by atoms with Gasteiger partial charge >= 0.3 is 0 Å². The van der Waals surface area contributed by atoms with Gasteiger partial charge in [-0.05, 0) is 25.1 Å². The molecule has 0 saturated heterocycles. The second-order valence-corrected chi connectivity index (χ2v) is 7.54. The van der Waals surface area contributed by atoms with Crippen LogP contribution in [0, 0.1) is 18.6 Å². The van der Waals surface area contributed by atoms with E-state index in [-0.39, 0.29) is 10.6 Å². The van der Waals surface area contributed by atoms with Gasteiger partial charge in [-0.1, -0.05) is 5.16 Å². The number of benzene rings is 1. The molecule has 3 aromatic rings. The van der Waals surface area contributed by atoms with Gasteiger partial charge in [0.2, 0.25) is 0 Å². The molecule has 0 spiro atoms. The van der Waals surface area contributed by atoms with E-state index in [0.29, 0.717) is 21.6 Å². The van der Waals surface area contributed by atoms with E-state index in [2.05, 4.69) is 9.88 Å². The Morgan fingerprint density at radius 1 is 1.22 bits per heavy atom. The predicted octanol–water partition coefficient (Wildman–Crippen LogP) is 3.79. The Morgan fingerprint density at radius 2 is 2.00 bits per heavy atom. The molecule has 3 rings (SSSR count). The number of rotatable bonds is 4. The fourth-order valence-corrected chi connectivity index (χ4v) is 4.59. The third kappa shape index (κ3) is 3.10. The first-order chi connectivity index (χ1) is 10.9. The molecule has 23 heavy (non-hydrogen) atoms. The van der Waals surface area contributed by atoms with E-state index in [1.54, 1.807) is 13.0 Å². The molecule has 9 heteroatoms. The van der Waals surface area contributed by atoms with Gasteiger partial charge in [-0.2, -0.15) is 0 Å². The zero-order chi connectivity index (χ0) is 16.6. The normalized spacial score (nSPS) is 11.6. The number of sulfonamides is 1. The molecule has 1 aromatic carbocycles. The van der Waals surface area contributed by atoms with E-state index >= 15 is 0 Å². The number of nitrogens with one attached hydrogen (secondary N) is 1. The molecule has 2 aromatic heterocycles. The number of nitrogens with zero attached hydrogens (tertiary/aromatic N) is 1. The highest BCUT2D eigenvalue weighted by Gasteiger charge is 2.22. The standard InChI is InChI=1S/C14H10F2N2O3S2/c1-8-14(7-13(22-8)12-4-5-17-21-12)23(19,20)18-11-3-2-9(15)6-10(11)16/h2-7,18H,1H3. The molecule has 2 heterocycles. The Hall–Kier alpha value is -2.26. The number of halogens is 2. The molecule has 5 nitrogen and oxygen atoms in total. The van der Waals surface area contributed by atoms with Crippen molar-refractivity contribution in [2.45, 2.75) is 11.8 Å². The zero-order valence-electron chi connectivity index (χ0n) is 11.7. The summed E-state index contributed by atoms with van der Waals surface area (Å²) in [6.07, 6.45) is 1.45. The second-order valence-electron chi connectivity index (χ2n) is 4.64. The number of anilines is 1. The minimum atomic E-state index is -4.01. The van der Waals surface area contributed by atoms with Crippen LogP contribution < -0.4 is 4.72 Å². The first-order valence-electron chi connectivity index (χ1n) is 6.36. The minimum Gasteiger partial charge on any atom is -0.355 e. The van der Waals surface area contributed by atoms with Crippen LogP contribution in [-0.2, 0) is 10.0 Å². The molecule has 0 unspecified atom stereocenters. The van der Waals surface area contributed by atoms with Crippen molar-refractivity contribution < 1.29 is 21.7 Å². The Bertz CT molecular complexity index is 951. The van der Waals surface area contributed by atoms with Crippen LogP contribution in [-0.4, -0.2) is 13.6 Å². The van der Waals surface area contributed by atoms with Crippen molar-refractivity contribution in [2.24, 2.45) is 0 Å². The quantitative estimate of drug-likeness (QED) is 0.772. The maximum atomic E-state index is 13.6. The third-order valence-corrected chi connectivity index (χ3v) is 5.70. The van der Waals surface area contributed by atoms with Crippen molar-refractivity contribution in [2.75, 3.05) is 4.72 Å². The summed E-state index contributed by atoms with van der Waals surface area (Å²) in [5, 5.41) is 3.57. The van der Waals surface area contributed by atoms with Gasteiger partial charge in [0.05, 0.1) is 16.8 Å². The lowest BCUT2D eigenvalue weighted by molar-refractivity contribution is 0.433. The molecule has 0 aliphatic carbocycles. The zero-order valence-corrected chi connectivity index (χ0v) is 13.3. The summed E-state index contributed by atoms with van der Waals surface area (Å²) >= 11 is 1.21. The molecular weight excluding hydrogens is 346 g/mol. The molecular formula is C14H10F2N2O3S2. The van der Waals surface area contributed by atoms with Gasteiger partial charge in [-0.3, -0.25) is 4.72 Å². The first-order valence-corrected chi connectivity index (χ1v) is 8.66. The topological polar surface area (TPSA) is 72.2 Å². The van der Waals surface area contributed by atoms with Crippen LogP contribution in [0.15, 0.2) is 45.9 Å². The van der Waals surface area contributed by atoms with Crippen molar-refractivity contribution in [3.8, 4) is 10.6 Å². The predicted molar refractivity (Wildman–Crippen MR) is 81.7 cm³/mol. The van der Waals surface area contributed by atoms with Crippen LogP contribution in [0.1, 0.15) is 4.88 Å². The fourth-order valence-electron chi connectivity index (χ4n) is 1.97. The van der Waals surface area contributed by atoms with E-state index < -0.39 is 21.7 Å². The Balaban J connectivity index is 1.97. The van der Waals surface area contributed by atoms with Gasteiger partial charge < -0.3 is 4.52 Å². The molecule has 0 atom stereocenters. The number of aromatic nitrogens is 1. The molecule has 120 valence electrons. The van der Waals surface area contributed by atoms with Crippen LogP contribution in [0.2, 0.25) is 0 Å². The highest BCUT2D eigenvalue weighted by Crippen LogP contribution is 2.34. The summed E-state index contributed by atoms with van der Waals surface area (Å²) in [5.41, 5.74) is -0.321. The summed E-state index contributed by atoms with van der Waals surface area (Å²) in [6, 6.07) is 5.64. The van der Waals surface area contributed by atoms with Crippen LogP contribution in [0.4, 0.5) is 14.5 Å². The first kappa shape index (κ1) is 15.6. The van der Waals surface area contributed by atoms with E-state index in [0.717, 1.165) is 12.1 Å². The van der Waals surface area contributed by atoms with Gasteiger partial charge in [0.15, 0.2) is 5.76 Å². The molecule has 0 amide bonds. The summed E-state index contributed by atoms with van der Waals surface area (Å²) in [4.78, 5) is 1.09. The van der Waals surface area contributed by atoms with Crippen LogP contribution in [0.5, 0.6) is 0 Å². The maximum absolute atomic E-state index is 13.6. The molecule has 0 saturated carbocycles. The number of hydrogen-bond acceptors (Lipinski definition) is 5. The van der Waals surface area contributed by atoms with Crippen LogP contribution >= 0.6 is 11.3 Å². The Morgan fingerprint density at radius 3 is 2.65 bits per heavy atom. The van der Waals surface area contributed by atoms with E-state index in [4.69, 9.17) is 4.52 Å². The van der Waals surface area contributed by atoms with E-state index in [1.165, 1.54) is 23.6 Å². The van der Waals surface area contributed by atoms with Crippen molar-refractivity contribution in [3.05, 3.63) is 53.0 Å². The molecule has 0 aliphatic heterocycles. The van der Waals surface area contributed by atoms with Crippen molar-refractivity contribution in [3.63, 3.8) is 0 Å². The average molecular weight is 356 g/mol. The molecule has 0 bridgehead atoms. The summed E-state index contributed by atoms with van der Waals surface area (Å²) in [6.45, 7) is 1.63. The molecule has 0 aliphatic rings. The third-order valence-electron chi connectivity index (χ3n) is 3.02. The lowest BCUT2D eigenvalue weighted by Gasteiger charge is -2.08. The highest BCUT2D eigenvalue weighted by molar-refractivity contribution is 7.93. The Kier molecular flexibility index (Phi) is 3.90. The van der Waals surface area contributed by atoms with E-state index in [1.807, 2.05) is 0 Å². The minimum absolute atomic E-state index is 0.00220. The summed E-state index contributed by atoms with van der Waals surface area (Å²) in [5.74, 6) is -1.34.